The number of rotatable bonds is 4. The van der Waals surface area contributed by atoms with Crippen LogP contribution in [-0.4, -0.2) is 35.9 Å². The second-order valence-corrected chi connectivity index (χ2v) is 9.40. The molecule has 3 N–H and O–H groups in total. The molecule has 2 aromatic rings. The molecule has 1 aliphatic carbocycles. The van der Waals surface area contributed by atoms with Gasteiger partial charge in [-0.05, 0) is 38.3 Å². The number of halogens is 4. The fraction of sp³-hybridized carbons (Fsp3) is 0.385. The van der Waals surface area contributed by atoms with Gasteiger partial charge in [0, 0.05) is 36.8 Å². The van der Waals surface area contributed by atoms with Gasteiger partial charge in [0.1, 0.15) is 11.6 Å². The van der Waals surface area contributed by atoms with Crippen molar-refractivity contribution in [2.24, 2.45) is 11.7 Å². The van der Waals surface area contributed by atoms with Crippen LogP contribution < -0.4 is 16.0 Å². The lowest BCUT2D eigenvalue weighted by molar-refractivity contribution is -0.112. The number of nitrogens with one attached hydrogen (secondary N) is 1. The fourth-order valence-corrected chi connectivity index (χ4v) is 4.88. The van der Waals surface area contributed by atoms with Gasteiger partial charge in [-0.25, -0.2) is 17.6 Å². The Morgan fingerprint density at radius 3 is 2.60 bits per heavy atom. The summed E-state index contributed by atoms with van der Waals surface area (Å²) in [5, 5.41) is 2.68. The molecule has 1 aromatic heterocycles. The number of anilines is 2. The largest absolute Gasteiger partial charge is 0.368 e. The third-order valence-electron chi connectivity index (χ3n) is 6.35. The first kappa shape index (κ1) is 24.9. The molecule has 0 bridgehead atoms. The molecule has 1 saturated heterocycles. The van der Waals surface area contributed by atoms with Crippen molar-refractivity contribution < 1.29 is 22.4 Å². The lowest BCUT2D eigenvalue weighted by atomic mass is 9.88. The summed E-state index contributed by atoms with van der Waals surface area (Å²) in [4.78, 5) is 19.7. The van der Waals surface area contributed by atoms with Crippen molar-refractivity contribution in [3.05, 3.63) is 70.6 Å². The first-order valence-corrected chi connectivity index (χ1v) is 11.5. The van der Waals surface area contributed by atoms with E-state index in [0.717, 1.165) is 30.3 Å². The van der Waals surface area contributed by atoms with Crippen LogP contribution in [0.25, 0.3) is 5.57 Å². The van der Waals surface area contributed by atoms with Gasteiger partial charge in [0.05, 0.1) is 28.2 Å². The summed E-state index contributed by atoms with van der Waals surface area (Å²) in [6.07, 6.45) is 0.797. The Balaban J connectivity index is 1.71. The van der Waals surface area contributed by atoms with Gasteiger partial charge in [-0.15, -0.1) is 0 Å². The predicted molar refractivity (Wildman–Crippen MR) is 128 cm³/mol. The van der Waals surface area contributed by atoms with Gasteiger partial charge in [-0.1, -0.05) is 31.2 Å². The van der Waals surface area contributed by atoms with E-state index in [1.807, 2.05) is 13.0 Å². The Morgan fingerprint density at radius 1 is 1.20 bits per heavy atom. The van der Waals surface area contributed by atoms with Crippen LogP contribution in [-0.2, 0) is 4.79 Å². The van der Waals surface area contributed by atoms with E-state index in [2.05, 4.69) is 22.1 Å². The summed E-state index contributed by atoms with van der Waals surface area (Å²) < 4.78 is 59.0. The second kappa shape index (κ2) is 9.45. The first-order valence-electron chi connectivity index (χ1n) is 11.5. The van der Waals surface area contributed by atoms with E-state index in [1.165, 1.54) is 12.1 Å². The van der Waals surface area contributed by atoms with Crippen molar-refractivity contribution in [1.82, 2.24) is 4.98 Å². The maximum absolute atomic E-state index is 15.4. The Hall–Kier alpha value is -3.20. The summed E-state index contributed by atoms with van der Waals surface area (Å²) in [5.41, 5.74) is 6.23. The summed E-state index contributed by atoms with van der Waals surface area (Å²) in [5.74, 6) is -6.69. The lowest BCUT2D eigenvalue weighted by Crippen LogP contribution is -2.46. The fourth-order valence-electron chi connectivity index (χ4n) is 4.88. The van der Waals surface area contributed by atoms with E-state index in [1.54, 1.807) is 6.92 Å². The van der Waals surface area contributed by atoms with E-state index in [4.69, 9.17) is 5.73 Å². The maximum Gasteiger partial charge on any atom is 0.280 e. The number of aromatic nitrogens is 1. The quantitative estimate of drug-likeness (QED) is 0.574. The number of carbonyl (C=O) groups is 1. The summed E-state index contributed by atoms with van der Waals surface area (Å²) in [6.45, 7) is 6.89. The molecule has 0 saturated carbocycles. The third kappa shape index (κ3) is 4.96. The first-order chi connectivity index (χ1) is 16.5. The van der Waals surface area contributed by atoms with Gasteiger partial charge in [-0.3, -0.25) is 9.78 Å². The van der Waals surface area contributed by atoms with Crippen molar-refractivity contribution >= 4 is 22.9 Å². The smallest absolute Gasteiger partial charge is 0.280 e. The molecule has 2 heterocycles. The monoisotopic (exact) mass is 488 g/mol. The molecule has 1 fully saturated rings. The van der Waals surface area contributed by atoms with Crippen LogP contribution in [0.15, 0.2) is 47.8 Å². The predicted octanol–water partition coefficient (Wildman–Crippen LogP) is 5.30. The lowest BCUT2D eigenvalue weighted by Gasteiger charge is -2.37. The molecular formula is C26H28F4N4O. The highest BCUT2D eigenvalue weighted by atomic mass is 19.3. The van der Waals surface area contributed by atoms with Gasteiger partial charge in [0.15, 0.2) is 0 Å². The molecule has 0 unspecified atom stereocenters. The summed E-state index contributed by atoms with van der Waals surface area (Å²) in [6, 6.07) is 6.47. The SMILES string of the molecule is Cc1cc(N2C[C@H](C)C[C@H](N)C2)c(NC(=O)C2=CCC(F)(F)C(c3ccccc3F)=C2F)c(C)n1. The molecule has 0 radical (unpaired) electrons. The van der Waals surface area contributed by atoms with Crippen molar-refractivity contribution in [2.45, 2.75) is 45.6 Å². The van der Waals surface area contributed by atoms with Crippen molar-refractivity contribution in [3.63, 3.8) is 0 Å². The molecule has 1 aromatic carbocycles. The Kier molecular flexibility index (Phi) is 6.73. The molecular weight excluding hydrogens is 460 g/mol. The van der Waals surface area contributed by atoms with E-state index in [-0.39, 0.29) is 6.04 Å². The van der Waals surface area contributed by atoms with Crippen LogP contribution >= 0.6 is 0 Å². The average Bonchev–Trinajstić information content (AvgIpc) is 2.75. The highest BCUT2D eigenvalue weighted by Crippen LogP contribution is 2.45. The molecule has 9 heteroatoms. The highest BCUT2D eigenvalue weighted by Gasteiger charge is 2.43. The molecule has 2 aliphatic rings. The van der Waals surface area contributed by atoms with Crippen LogP contribution in [0.4, 0.5) is 28.9 Å². The number of hydrogen-bond donors (Lipinski definition) is 2. The van der Waals surface area contributed by atoms with E-state index in [0.29, 0.717) is 36.1 Å². The van der Waals surface area contributed by atoms with Crippen molar-refractivity contribution in [1.29, 1.82) is 0 Å². The van der Waals surface area contributed by atoms with Crippen LogP contribution in [0.1, 0.15) is 36.7 Å². The number of pyridine rings is 1. The van der Waals surface area contributed by atoms with E-state index in [9.17, 15) is 18.0 Å². The minimum Gasteiger partial charge on any atom is -0.368 e. The zero-order valence-corrected chi connectivity index (χ0v) is 19.8. The zero-order chi connectivity index (χ0) is 25.5. The molecule has 0 spiro atoms. The van der Waals surface area contributed by atoms with Gasteiger partial charge < -0.3 is 16.0 Å². The van der Waals surface area contributed by atoms with Gasteiger partial charge in [0.2, 0.25) is 0 Å². The summed E-state index contributed by atoms with van der Waals surface area (Å²) >= 11 is 0. The molecule has 1 amide bonds. The number of piperidine rings is 1. The zero-order valence-electron chi connectivity index (χ0n) is 19.8. The number of allylic oxidation sites excluding steroid dienone is 2. The molecule has 35 heavy (non-hydrogen) atoms. The molecule has 2 atom stereocenters. The Morgan fingerprint density at radius 2 is 1.91 bits per heavy atom. The van der Waals surface area contributed by atoms with Gasteiger partial charge >= 0.3 is 0 Å². The van der Waals surface area contributed by atoms with Gasteiger partial charge in [0.25, 0.3) is 11.8 Å². The number of aryl methyl sites for hydroxylation is 2. The molecule has 5 nitrogen and oxygen atoms in total. The number of nitrogens with two attached hydrogens (primary N) is 1. The van der Waals surface area contributed by atoms with Crippen molar-refractivity contribution in [2.75, 3.05) is 23.3 Å². The van der Waals surface area contributed by atoms with E-state index < -0.39 is 46.6 Å². The van der Waals surface area contributed by atoms with Crippen LogP contribution in [0.2, 0.25) is 0 Å². The minimum atomic E-state index is -3.66. The minimum absolute atomic E-state index is 0.0527. The van der Waals surface area contributed by atoms with Crippen LogP contribution in [0.3, 0.4) is 0 Å². The topological polar surface area (TPSA) is 71.2 Å². The molecule has 186 valence electrons. The van der Waals surface area contributed by atoms with Crippen LogP contribution in [0, 0.1) is 25.6 Å². The molecule has 4 rings (SSSR count). The third-order valence-corrected chi connectivity index (χ3v) is 6.35. The number of amides is 1. The average molecular weight is 489 g/mol. The maximum atomic E-state index is 15.4. The number of nitrogens with zero attached hydrogens (tertiary/aromatic N) is 2. The summed E-state index contributed by atoms with van der Waals surface area (Å²) in [7, 11) is 0. The second-order valence-electron chi connectivity index (χ2n) is 9.40. The Labute approximate surface area is 201 Å². The van der Waals surface area contributed by atoms with Gasteiger partial charge in [-0.2, -0.15) is 0 Å². The normalized spacial score (nSPS) is 22.2. The standard InChI is InChI=1S/C26H28F4N4O/c1-14-10-17(31)13-34(12-14)21-11-15(2)32-16(3)24(21)33-25(35)19-8-9-26(29,30)22(23(19)28)18-6-4-5-7-20(18)27/h4-8,11,14,17H,9-10,12-13,31H2,1-3H3,(H,33,35)/t14-,17+/m1/s1. The van der Waals surface area contributed by atoms with E-state index >= 15 is 4.39 Å². The van der Waals surface area contributed by atoms with Crippen molar-refractivity contribution in [3.8, 4) is 0 Å². The number of benzene rings is 1. The number of carbonyl (C=O) groups excluding carboxylic acids is 1. The Bertz CT molecular complexity index is 1210. The molecule has 1 aliphatic heterocycles. The highest BCUT2D eigenvalue weighted by molar-refractivity contribution is 6.10. The number of hydrogen-bond acceptors (Lipinski definition) is 4. The number of alkyl halides is 2. The van der Waals surface area contributed by atoms with Crippen LogP contribution in [0.5, 0.6) is 0 Å².